The Labute approximate surface area is 107 Å². The Morgan fingerprint density at radius 2 is 2.25 bits per heavy atom. The molecule has 0 aliphatic rings. The molecule has 84 valence electrons. The molecule has 3 nitrogen and oxygen atoms in total. The van der Waals surface area contributed by atoms with Crippen molar-refractivity contribution in [1.82, 2.24) is 4.98 Å². The average Bonchev–Trinajstić information content (AvgIpc) is 2.71. The number of aromatic hydroxyl groups is 1. The van der Waals surface area contributed by atoms with E-state index in [9.17, 15) is 5.11 Å². The number of rotatable bonds is 3. The molecule has 16 heavy (non-hydrogen) atoms. The molecule has 1 aromatic carbocycles. The average molecular weight is 275 g/mol. The van der Waals surface area contributed by atoms with Gasteiger partial charge in [-0.1, -0.05) is 11.6 Å². The van der Waals surface area contributed by atoms with E-state index in [2.05, 4.69) is 10.3 Å². The molecule has 0 aliphatic heterocycles. The molecule has 0 saturated heterocycles. The maximum absolute atomic E-state index is 9.59. The Balaban J connectivity index is 2.22. The molecule has 1 aromatic heterocycles. The van der Waals surface area contributed by atoms with Gasteiger partial charge in [-0.15, -0.1) is 22.9 Å². The second-order valence-electron chi connectivity index (χ2n) is 3.06. The Bertz CT molecular complexity index is 501. The molecular formula is C10H8Cl2N2OS. The van der Waals surface area contributed by atoms with Gasteiger partial charge in [0, 0.05) is 10.4 Å². The quantitative estimate of drug-likeness (QED) is 0.657. The van der Waals surface area contributed by atoms with E-state index >= 15 is 0 Å². The van der Waals surface area contributed by atoms with Crippen LogP contribution in [-0.4, -0.2) is 10.1 Å². The third-order valence-corrected chi connectivity index (χ3v) is 3.20. The summed E-state index contributed by atoms with van der Waals surface area (Å²) in [6, 6.07) is 4.79. The van der Waals surface area contributed by atoms with Crippen LogP contribution in [0, 0.1) is 0 Å². The number of phenols is 1. The van der Waals surface area contributed by atoms with Gasteiger partial charge in [0.2, 0.25) is 0 Å². The zero-order valence-electron chi connectivity index (χ0n) is 8.08. The first kappa shape index (κ1) is 11.5. The van der Waals surface area contributed by atoms with E-state index in [1.165, 1.54) is 17.4 Å². The molecule has 2 aromatic rings. The highest BCUT2D eigenvalue weighted by molar-refractivity contribution is 7.13. The summed E-state index contributed by atoms with van der Waals surface area (Å²) in [7, 11) is 0. The monoisotopic (exact) mass is 274 g/mol. The Morgan fingerprint density at radius 1 is 1.44 bits per heavy atom. The maximum Gasteiger partial charge on any atom is 0.187 e. The summed E-state index contributed by atoms with van der Waals surface area (Å²) < 4.78 is 0. The van der Waals surface area contributed by atoms with Crippen LogP contribution >= 0.6 is 34.5 Å². The van der Waals surface area contributed by atoms with Crippen molar-refractivity contribution >= 4 is 45.4 Å². The molecule has 0 atom stereocenters. The number of nitrogens with zero attached hydrogens (tertiary/aromatic N) is 1. The number of nitrogens with one attached hydrogen (secondary N) is 1. The summed E-state index contributed by atoms with van der Waals surface area (Å²) >= 11 is 12.9. The largest absolute Gasteiger partial charge is 0.506 e. The Kier molecular flexibility index (Phi) is 3.53. The molecule has 0 spiro atoms. The number of hydrogen-bond donors (Lipinski definition) is 2. The number of benzene rings is 1. The molecule has 0 aliphatic carbocycles. The fourth-order valence-electron chi connectivity index (χ4n) is 1.15. The van der Waals surface area contributed by atoms with E-state index in [0.29, 0.717) is 21.7 Å². The van der Waals surface area contributed by atoms with Crippen molar-refractivity contribution in [3.05, 3.63) is 34.3 Å². The predicted octanol–water partition coefficient (Wildman–Crippen LogP) is 3.98. The molecule has 6 heteroatoms. The van der Waals surface area contributed by atoms with Gasteiger partial charge >= 0.3 is 0 Å². The van der Waals surface area contributed by atoms with Crippen LogP contribution in [0.4, 0.5) is 10.8 Å². The van der Waals surface area contributed by atoms with Crippen molar-refractivity contribution in [1.29, 1.82) is 0 Å². The van der Waals surface area contributed by atoms with Crippen molar-refractivity contribution in [2.45, 2.75) is 5.88 Å². The number of hydrogen-bond acceptors (Lipinski definition) is 4. The van der Waals surface area contributed by atoms with E-state index in [0.717, 1.165) is 5.69 Å². The molecule has 0 fully saturated rings. The van der Waals surface area contributed by atoms with Crippen LogP contribution in [0.5, 0.6) is 5.75 Å². The Hall–Kier alpha value is -0.970. The number of aromatic nitrogens is 1. The minimum absolute atomic E-state index is 0.132. The van der Waals surface area contributed by atoms with Crippen LogP contribution in [0.25, 0.3) is 0 Å². The van der Waals surface area contributed by atoms with Crippen molar-refractivity contribution in [2.24, 2.45) is 0 Å². The van der Waals surface area contributed by atoms with Gasteiger partial charge in [0.1, 0.15) is 5.75 Å². The molecule has 0 amide bonds. The first-order valence-corrected chi connectivity index (χ1v) is 6.24. The zero-order chi connectivity index (χ0) is 11.5. The number of anilines is 2. The normalized spacial score (nSPS) is 10.4. The predicted molar refractivity (Wildman–Crippen MR) is 68.1 cm³/mol. The molecular weight excluding hydrogens is 267 g/mol. The molecule has 2 N–H and O–H groups in total. The van der Waals surface area contributed by atoms with Crippen LogP contribution in [0.2, 0.25) is 5.02 Å². The number of phenolic OH excluding ortho intramolecular Hbond substituents is 1. The first-order chi connectivity index (χ1) is 7.69. The van der Waals surface area contributed by atoms with Crippen LogP contribution < -0.4 is 5.32 Å². The molecule has 1 heterocycles. The smallest absolute Gasteiger partial charge is 0.187 e. The van der Waals surface area contributed by atoms with Gasteiger partial charge in [-0.25, -0.2) is 4.98 Å². The van der Waals surface area contributed by atoms with E-state index < -0.39 is 0 Å². The summed E-state index contributed by atoms with van der Waals surface area (Å²) in [5, 5.41) is 15.7. The van der Waals surface area contributed by atoms with Gasteiger partial charge in [-0.3, -0.25) is 0 Å². The van der Waals surface area contributed by atoms with Gasteiger partial charge < -0.3 is 10.4 Å². The minimum atomic E-state index is 0.132. The Morgan fingerprint density at radius 3 is 2.94 bits per heavy atom. The lowest BCUT2D eigenvalue weighted by molar-refractivity contribution is 0.478. The SMILES string of the molecule is Oc1ccc(Cl)cc1Nc1nc(CCl)cs1. The molecule has 0 bridgehead atoms. The second-order valence-corrected chi connectivity index (χ2v) is 4.63. The summed E-state index contributed by atoms with van der Waals surface area (Å²) in [6.45, 7) is 0. The lowest BCUT2D eigenvalue weighted by atomic mass is 10.3. The van der Waals surface area contributed by atoms with Gasteiger partial charge in [-0.05, 0) is 18.2 Å². The van der Waals surface area contributed by atoms with Crippen LogP contribution in [-0.2, 0) is 5.88 Å². The molecule has 0 saturated carbocycles. The lowest BCUT2D eigenvalue weighted by Crippen LogP contribution is -1.90. The summed E-state index contributed by atoms with van der Waals surface area (Å²) in [6.07, 6.45) is 0. The summed E-state index contributed by atoms with van der Waals surface area (Å²) in [5.41, 5.74) is 1.33. The van der Waals surface area contributed by atoms with Crippen molar-refractivity contribution in [2.75, 3.05) is 5.32 Å². The van der Waals surface area contributed by atoms with Crippen molar-refractivity contribution < 1.29 is 5.11 Å². The fraction of sp³-hybridized carbons (Fsp3) is 0.100. The van der Waals surface area contributed by atoms with Gasteiger partial charge in [0.25, 0.3) is 0 Å². The number of thiazole rings is 1. The van der Waals surface area contributed by atoms with Crippen molar-refractivity contribution in [3.63, 3.8) is 0 Å². The third-order valence-electron chi connectivity index (χ3n) is 1.89. The fourth-order valence-corrected chi connectivity index (χ4v) is 2.27. The molecule has 0 unspecified atom stereocenters. The molecule has 0 radical (unpaired) electrons. The second kappa shape index (κ2) is 4.91. The standard InChI is InChI=1S/C10H8Cl2N2OS/c11-4-7-5-16-10(13-7)14-8-3-6(12)1-2-9(8)15/h1-3,5,15H,4H2,(H,13,14). The highest BCUT2D eigenvalue weighted by Gasteiger charge is 2.05. The lowest BCUT2D eigenvalue weighted by Gasteiger charge is -2.05. The third kappa shape index (κ3) is 2.58. The zero-order valence-corrected chi connectivity index (χ0v) is 10.4. The van der Waals surface area contributed by atoms with Gasteiger partial charge in [0.05, 0.1) is 17.3 Å². The molecule has 2 rings (SSSR count). The highest BCUT2D eigenvalue weighted by atomic mass is 35.5. The topological polar surface area (TPSA) is 45.1 Å². The van der Waals surface area contributed by atoms with Crippen LogP contribution in [0.3, 0.4) is 0 Å². The summed E-state index contributed by atoms with van der Waals surface area (Å²) in [4.78, 5) is 4.22. The number of halogens is 2. The maximum atomic E-state index is 9.59. The first-order valence-electron chi connectivity index (χ1n) is 4.45. The van der Waals surface area contributed by atoms with Crippen LogP contribution in [0.1, 0.15) is 5.69 Å². The highest BCUT2D eigenvalue weighted by Crippen LogP contribution is 2.30. The van der Waals surface area contributed by atoms with E-state index in [1.54, 1.807) is 12.1 Å². The van der Waals surface area contributed by atoms with E-state index in [4.69, 9.17) is 23.2 Å². The van der Waals surface area contributed by atoms with E-state index in [-0.39, 0.29) is 5.75 Å². The van der Waals surface area contributed by atoms with Crippen LogP contribution in [0.15, 0.2) is 23.6 Å². The van der Waals surface area contributed by atoms with E-state index in [1.807, 2.05) is 5.38 Å². The van der Waals surface area contributed by atoms with Gasteiger partial charge in [0.15, 0.2) is 5.13 Å². The minimum Gasteiger partial charge on any atom is -0.506 e. The summed E-state index contributed by atoms with van der Waals surface area (Å²) in [5.74, 6) is 0.506. The van der Waals surface area contributed by atoms with Gasteiger partial charge in [-0.2, -0.15) is 0 Å². The van der Waals surface area contributed by atoms with Crippen molar-refractivity contribution in [3.8, 4) is 5.75 Å². The number of alkyl halides is 1.